The minimum atomic E-state index is -0.932. The van der Waals surface area contributed by atoms with Crippen molar-refractivity contribution in [1.29, 1.82) is 0 Å². The first-order valence-electron chi connectivity index (χ1n) is 9.20. The van der Waals surface area contributed by atoms with E-state index in [0.717, 1.165) is 35.4 Å². The molecule has 1 N–H and O–H groups in total. The van der Waals surface area contributed by atoms with Gasteiger partial charge in [-0.1, -0.05) is 48.5 Å². The van der Waals surface area contributed by atoms with Crippen molar-refractivity contribution >= 4 is 5.97 Å². The quantitative estimate of drug-likeness (QED) is 0.556. The van der Waals surface area contributed by atoms with Crippen LogP contribution in [0.1, 0.15) is 33.7 Å². The number of carboxylic acid groups (broad SMARTS) is 1. The van der Waals surface area contributed by atoms with Crippen LogP contribution in [-0.4, -0.2) is 28.0 Å². The zero-order chi connectivity index (χ0) is 19.9. The summed E-state index contributed by atoms with van der Waals surface area (Å²) in [6.07, 6.45) is 3.60. The van der Waals surface area contributed by atoms with Gasteiger partial charge in [-0.15, -0.1) is 6.58 Å². The first kappa shape index (κ1) is 19.6. The monoisotopic (exact) mass is 376 g/mol. The number of allylic oxidation sites excluding steroid dienone is 1. The molecule has 0 fully saturated rings. The highest BCUT2D eigenvalue weighted by molar-refractivity contribution is 5.96. The zero-order valence-electron chi connectivity index (χ0n) is 16.0. The number of carboxylic acids is 1. The molecule has 3 rings (SSSR count). The highest BCUT2D eigenvalue weighted by Gasteiger charge is 2.15. The third-order valence-corrected chi connectivity index (χ3v) is 4.60. The highest BCUT2D eigenvalue weighted by atomic mass is 16.5. The molecule has 0 amide bonds. The molecule has 0 unspecified atom stereocenters. The summed E-state index contributed by atoms with van der Waals surface area (Å²) >= 11 is 0. The van der Waals surface area contributed by atoms with Gasteiger partial charge in [-0.25, -0.2) is 4.79 Å². The Hall–Kier alpha value is -3.18. The fourth-order valence-corrected chi connectivity index (χ4v) is 3.31. The minimum absolute atomic E-state index is 0.294. The number of methoxy groups -OCH3 is 1. The molecule has 3 aromatic rings. The summed E-state index contributed by atoms with van der Waals surface area (Å²) in [5, 5.41) is 14.3. The molecule has 1 aromatic heterocycles. The van der Waals surface area contributed by atoms with Gasteiger partial charge in [0.05, 0.1) is 24.4 Å². The molecule has 0 saturated carbocycles. The Bertz CT molecular complexity index is 975. The lowest BCUT2D eigenvalue weighted by Crippen LogP contribution is -2.08. The Kier molecular flexibility index (Phi) is 6.40. The average molecular weight is 376 g/mol. The van der Waals surface area contributed by atoms with Crippen LogP contribution in [0.5, 0.6) is 0 Å². The van der Waals surface area contributed by atoms with Crippen LogP contribution in [-0.2, 0) is 24.3 Å². The van der Waals surface area contributed by atoms with Crippen LogP contribution in [0.3, 0.4) is 0 Å². The fraction of sp³-hybridized carbons (Fsp3) is 0.217. The Morgan fingerprint density at radius 3 is 2.61 bits per heavy atom. The topological polar surface area (TPSA) is 64.4 Å². The van der Waals surface area contributed by atoms with E-state index < -0.39 is 5.97 Å². The van der Waals surface area contributed by atoms with Gasteiger partial charge in [0.2, 0.25) is 0 Å². The van der Waals surface area contributed by atoms with Crippen molar-refractivity contribution in [2.45, 2.75) is 26.0 Å². The van der Waals surface area contributed by atoms with Gasteiger partial charge in [-0.2, -0.15) is 5.10 Å². The molecule has 0 atom stereocenters. The van der Waals surface area contributed by atoms with Crippen molar-refractivity contribution in [3.8, 4) is 11.1 Å². The summed E-state index contributed by atoms with van der Waals surface area (Å²) in [7, 11) is 1.65. The standard InChI is InChI=1S/C23H24N2O3/c1-3-4-10-19-14-18(16-28-2)24-25(19)15-17-9-5-6-11-20(17)21-12-7-8-13-22(21)23(26)27/h3,5-9,11-14H,1,4,10,15-16H2,2H3,(H,26,27). The van der Waals surface area contributed by atoms with Gasteiger partial charge in [-0.3, -0.25) is 4.68 Å². The molecule has 2 aromatic carbocycles. The van der Waals surface area contributed by atoms with E-state index in [1.807, 2.05) is 47.2 Å². The van der Waals surface area contributed by atoms with E-state index in [2.05, 4.69) is 17.7 Å². The van der Waals surface area contributed by atoms with E-state index in [4.69, 9.17) is 4.74 Å². The molecule has 0 aliphatic rings. The molecule has 5 nitrogen and oxygen atoms in total. The summed E-state index contributed by atoms with van der Waals surface area (Å²) < 4.78 is 7.20. The Morgan fingerprint density at radius 1 is 1.18 bits per heavy atom. The van der Waals surface area contributed by atoms with Crippen LogP contribution in [0.25, 0.3) is 11.1 Å². The van der Waals surface area contributed by atoms with Gasteiger partial charge in [0.1, 0.15) is 0 Å². The summed E-state index contributed by atoms with van der Waals surface area (Å²) in [6, 6.07) is 17.0. The van der Waals surface area contributed by atoms with Gasteiger partial charge in [0.25, 0.3) is 0 Å². The van der Waals surface area contributed by atoms with Crippen molar-refractivity contribution in [2.75, 3.05) is 7.11 Å². The number of rotatable bonds is 9. The highest BCUT2D eigenvalue weighted by Crippen LogP contribution is 2.28. The van der Waals surface area contributed by atoms with E-state index in [1.165, 1.54) is 0 Å². The number of hydrogen-bond donors (Lipinski definition) is 1. The predicted octanol–water partition coefficient (Wildman–Crippen LogP) is 4.56. The lowest BCUT2D eigenvalue weighted by Gasteiger charge is -2.14. The Morgan fingerprint density at radius 2 is 1.89 bits per heavy atom. The predicted molar refractivity (Wildman–Crippen MR) is 109 cm³/mol. The third kappa shape index (κ3) is 4.38. The van der Waals surface area contributed by atoms with E-state index in [-0.39, 0.29) is 0 Å². The second-order valence-corrected chi connectivity index (χ2v) is 6.55. The summed E-state index contributed by atoms with van der Waals surface area (Å²) in [5.41, 5.74) is 4.91. The van der Waals surface area contributed by atoms with Crippen LogP contribution < -0.4 is 0 Å². The van der Waals surface area contributed by atoms with Gasteiger partial charge >= 0.3 is 5.97 Å². The maximum Gasteiger partial charge on any atom is 0.336 e. The van der Waals surface area contributed by atoms with Crippen molar-refractivity contribution in [3.63, 3.8) is 0 Å². The summed E-state index contributed by atoms with van der Waals surface area (Å²) in [5.74, 6) is -0.932. The molecule has 5 heteroatoms. The average Bonchev–Trinajstić information content (AvgIpc) is 3.08. The Labute approximate surface area is 164 Å². The number of benzene rings is 2. The lowest BCUT2D eigenvalue weighted by atomic mass is 9.95. The summed E-state index contributed by atoms with van der Waals surface area (Å²) in [4.78, 5) is 11.7. The molecule has 0 aliphatic carbocycles. The smallest absolute Gasteiger partial charge is 0.336 e. The van der Waals surface area contributed by atoms with Crippen LogP contribution >= 0.6 is 0 Å². The van der Waals surface area contributed by atoms with E-state index >= 15 is 0 Å². The number of aromatic carboxylic acids is 1. The minimum Gasteiger partial charge on any atom is -0.478 e. The first-order chi connectivity index (χ1) is 13.6. The molecule has 0 saturated heterocycles. The first-order valence-corrected chi connectivity index (χ1v) is 9.20. The second kappa shape index (κ2) is 9.15. The number of ether oxygens (including phenoxy) is 1. The number of aromatic nitrogens is 2. The van der Waals surface area contributed by atoms with Gasteiger partial charge < -0.3 is 9.84 Å². The second-order valence-electron chi connectivity index (χ2n) is 6.55. The molecule has 0 aliphatic heterocycles. The molecule has 28 heavy (non-hydrogen) atoms. The normalized spacial score (nSPS) is 10.8. The van der Waals surface area contributed by atoms with Crippen molar-refractivity contribution in [2.24, 2.45) is 0 Å². The SMILES string of the molecule is C=CCCc1cc(COC)nn1Cc1ccccc1-c1ccccc1C(=O)O. The van der Waals surface area contributed by atoms with Gasteiger partial charge in [0.15, 0.2) is 0 Å². The van der Waals surface area contributed by atoms with E-state index in [0.29, 0.717) is 24.3 Å². The summed E-state index contributed by atoms with van der Waals surface area (Å²) in [6.45, 7) is 4.81. The molecule has 0 bridgehead atoms. The maximum absolute atomic E-state index is 11.7. The third-order valence-electron chi connectivity index (χ3n) is 4.60. The molecular weight excluding hydrogens is 352 g/mol. The van der Waals surface area contributed by atoms with Crippen molar-refractivity contribution < 1.29 is 14.6 Å². The molecule has 0 radical (unpaired) electrons. The van der Waals surface area contributed by atoms with Crippen molar-refractivity contribution in [1.82, 2.24) is 9.78 Å². The van der Waals surface area contributed by atoms with Crippen molar-refractivity contribution in [3.05, 3.63) is 89.8 Å². The maximum atomic E-state index is 11.7. The number of hydrogen-bond acceptors (Lipinski definition) is 3. The van der Waals surface area contributed by atoms with Crippen LogP contribution in [0.4, 0.5) is 0 Å². The number of nitrogens with zero attached hydrogens (tertiary/aromatic N) is 2. The largest absolute Gasteiger partial charge is 0.478 e. The molecular formula is C23H24N2O3. The van der Waals surface area contributed by atoms with Gasteiger partial charge in [-0.05, 0) is 41.7 Å². The lowest BCUT2D eigenvalue weighted by molar-refractivity contribution is 0.0697. The Balaban J connectivity index is 2.01. The van der Waals surface area contributed by atoms with Gasteiger partial charge in [0, 0.05) is 12.8 Å². The van der Waals surface area contributed by atoms with Crippen LogP contribution in [0.2, 0.25) is 0 Å². The van der Waals surface area contributed by atoms with E-state index in [1.54, 1.807) is 19.2 Å². The number of carbonyl (C=O) groups is 1. The molecule has 1 heterocycles. The zero-order valence-corrected chi connectivity index (χ0v) is 16.0. The molecule has 0 spiro atoms. The van der Waals surface area contributed by atoms with Crippen LogP contribution in [0, 0.1) is 0 Å². The van der Waals surface area contributed by atoms with E-state index in [9.17, 15) is 9.90 Å². The molecule has 144 valence electrons. The van der Waals surface area contributed by atoms with Crippen LogP contribution in [0.15, 0.2) is 67.3 Å². The number of aryl methyl sites for hydroxylation is 1. The fourth-order valence-electron chi connectivity index (χ4n) is 3.31.